The summed E-state index contributed by atoms with van der Waals surface area (Å²) >= 11 is 0. The van der Waals surface area contributed by atoms with Crippen molar-refractivity contribution < 1.29 is 14.3 Å². The lowest BCUT2D eigenvalue weighted by atomic mass is 10.5. The molecular formula is C6H4N2O3. The van der Waals surface area contributed by atoms with Crippen molar-refractivity contribution in [3.05, 3.63) is 18.5 Å². The Hall–Kier alpha value is -1.78. The first-order valence-corrected chi connectivity index (χ1v) is 2.93. The van der Waals surface area contributed by atoms with E-state index in [1.165, 1.54) is 12.5 Å². The lowest BCUT2D eigenvalue weighted by Crippen LogP contribution is -2.08. The van der Waals surface area contributed by atoms with Gasteiger partial charge in [0.15, 0.2) is 5.58 Å². The van der Waals surface area contributed by atoms with E-state index in [9.17, 15) is 4.79 Å². The summed E-state index contributed by atoms with van der Waals surface area (Å²) in [6.45, 7) is 0. The molecule has 2 aromatic rings. The van der Waals surface area contributed by atoms with Crippen molar-refractivity contribution in [2.24, 2.45) is 0 Å². The van der Waals surface area contributed by atoms with Crippen molar-refractivity contribution in [2.75, 3.05) is 0 Å². The first-order chi connectivity index (χ1) is 5.29. The fourth-order valence-corrected chi connectivity index (χ4v) is 0.911. The highest BCUT2D eigenvalue weighted by Crippen LogP contribution is 2.13. The highest BCUT2D eigenvalue weighted by molar-refractivity contribution is 5.83. The van der Waals surface area contributed by atoms with Crippen molar-refractivity contribution in [3.8, 4) is 0 Å². The van der Waals surface area contributed by atoms with Gasteiger partial charge in [-0.1, -0.05) is 0 Å². The van der Waals surface area contributed by atoms with E-state index >= 15 is 0 Å². The molecule has 0 atom stereocenters. The Kier molecular flexibility index (Phi) is 1.00. The SMILES string of the molecule is O=C(O)n1ncc2occc21. The Morgan fingerprint density at radius 2 is 2.55 bits per heavy atom. The number of aromatic nitrogens is 2. The number of carbonyl (C=O) groups is 1. The van der Waals surface area contributed by atoms with Crippen LogP contribution in [0.25, 0.3) is 11.1 Å². The van der Waals surface area contributed by atoms with Gasteiger partial charge in [0.1, 0.15) is 5.52 Å². The number of fused-ring (bicyclic) bond motifs is 1. The zero-order valence-electron chi connectivity index (χ0n) is 5.39. The first-order valence-electron chi connectivity index (χ1n) is 2.93. The molecule has 0 bridgehead atoms. The van der Waals surface area contributed by atoms with Gasteiger partial charge < -0.3 is 9.52 Å². The second-order valence-electron chi connectivity index (χ2n) is 2.01. The fraction of sp³-hybridized carbons (Fsp3) is 0. The quantitative estimate of drug-likeness (QED) is 0.614. The highest BCUT2D eigenvalue weighted by Gasteiger charge is 2.09. The maximum absolute atomic E-state index is 10.4. The molecule has 5 heteroatoms. The van der Waals surface area contributed by atoms with Gasteiger partial charge in [0.25, 0.3) is 0 Å². The van der Waals surface area contributed by atoms with Crippen LogP contribution in [0.2, 0.25) is 0 Å². The molecule has 0 aromatic carbocycles. The summed E-state index contributed by atoms with van der Waals surface area (Å²) in [5.41, 5.74) is 0.949. The van der Waals surface area contributed by atoms with Crippen LogP contribution in [0.4, 0.5) is 4.79 Å². The summed E-state index contributed by atoms with van der Waals surface area (Å²) in [6.07, 6.45) is 1.68. The minimum Gasteiger partial charge on any atom is -0.463 e. The molecule has 0 radical (unpaired) electrons. The zero-order valence-corrected chi connectivity index (χ0v) is 5.39. The molecule has 2 aromatic heterocycles. The minimum atomic E-state index is -1.11. The Bertz CT molecular complexity index is 401. The number of hydrogen-bond donors (Lipinski definition) is 1. The number of nitrogens with zero attached hydrogens (tertiary/aromatic N) is 2. The monoisotopic (exact) mass is 152 g/mol. The van der Waals surface area contributed by atoms with E-state index in [1.807, 2.05) is 0 Å². The Morgan fingerprint density at radius 1 is 1.73 bits per heavy atom. The van der Waals surface area contributed by atoms with Gasteiger partial charge in [0.05, 0.1) is 12.5 Å². The Labute approximate surface area is 60.8 Å². The maximum atomic E-state index is 10.4. The molecule has 0 unspecified atom stereocenters. The molecule has 2 rings (SSSR count). The average Bonchev–Trinajstić information content (AvgIpc) is 2.41. The van der Waals surface area contributed by atoms with Gasteiger partial charge in [-0.25, -0.2) is 4.79 Å². The van der Waals surface area contributed by atoms with E-state index in [-0.39, 0.29) is 0 Å². The number of rotatable bonds is 0. The molecule has 0 spiro atoms. The highest BCUT2D eigenvalue weighted by atomic mass is 16.4. The Morgan fingerprint density at radius 3 is 3.27 bits per heavy atom. The molecule has 0 amide bonds. The second kappa shape index (κ2) is 1.85. The van der Waals surface area contributed by atoms with Crippen LogP contribution >= 0.6 is 0 Å². The van der Waals surface area contributed by atoms with Gasteiger partial charge in [-0.15, -0.1) is 0 Å². The van der Waals surface area contributed by atoms with Gasteiger partial charge in [0, 0.05) is 6.07 Å². The molecule has 56 valence electrons. The largest absolute Gasteiger partial charge is 0.463 e. The normalized spacial score (nSPS) is 10.5. The van der Waals surface area contributed by atoms with Crippen LogP contribution in [-0.4, -0.2) is 21.0 Å². The minimum absolute atomic E-state index is 0.470. The smallest absolute Gasteiger partial charge is 0.432 e. The predicted octanol–water partition coefficient (Wildman–Crippen LogP) is 1.16. The van der Waals surface area contributed by atoms with E-state index in [1.54, 1.807) is 6.07 Å². The van der Waals surface area contributed by atoms with Crippen molar-refractivity contribution in [2.45, 2.75) is 0 Å². The van der Waals surface area contributed by atoms with Gasteiger partial charge in [-0.2, -0.15) is 9.78 Å². The average molecular weight is 152 g/mol. The summed E-state index contributed by atoms with van der Waals surface area (Å²) in [5.74, 6) is 0. The molecule has 0 saturated carbocycles. The molecule has 1 N–H and O–H groups in total. The zero-order chi connectivity index (χ0) is 7.84. The number of furan rings is 1. The van der Waals surface area contributed by atoms with Crippen LogP contribution in [0.15, 0.2) is 22.9 Å². The third-order valence-corrected chi connectivity index (χ3v) is 1.37. The predicted molar refractivity (Wildman–Crippen MR) is 35.4 cm³/mol. The number of carboxylic acid groups (broad SMARTS) is 1. The summed E-state index contributed by atoms with van der Waals surface area (Å²) in [4.78, 5) is 10.4. The first kappa shape index (κ1) is 5.96. The topological polar surface area (TPSA) is 68.3 Å². The van der Waals surface area contributed by atoms with E-state index in [0.29, 0.717) is 11.1 Å². The van der Waals surface area contributed by atoms with Gasteiger partial charge in [-0.3, -0.25) is 0 Å². The third-order valence-electron chi connectivity index (χ3n) is 1.37. The summed E-state index contributed by atoms with van der Waals surface area (Å²) in [7, 11) is 0. The van der Waals surface area contributed by atoms with Crippen LogP contribution in [0.3, 0.4) is 0 Å². The molecule has 0 aliphatic carbocycles. The van der Waals surface area contributed by atoms with Crippen molar-refractivity contribution in [1.29, 1.82) is 0 Å². The van der Waals surface area contributed by atoms with Crippen LogP contribution in [0.1, 0.15) is 0 Å². The van der Waals surface area contributed by atoms with Crippen LogP contribution < -0.4 is 0 Å². The second-order valence-corrected chi connectivity index (χ2v) is 2.01. The van der Waals surface area contributed by atoms with Crippen LogP contribution in [0, 0.1) is 0 Å². The lowest BCUT2D eigenvalue weighted by molar-refractivity contribution is 0.194. The summed E-state index contributed by atoms with van der Waals surface area (Å²) < 4.78 is 5.76. The number of hydrogen-bond acceptors (Lipinski definition) is 3. The molecule has 11 heavy (non-hydrogen) atoms. The molecular weight excluding hydrogens is 148 g/mol. The van der Waals surface area contributed by atoms with E-state index in [4.69, 9.17) is 9.52 Å². The Balaban J connectivity index is 2.78. The standard InChI is InChI=1S/C6H4N2O3/c9-6(10)8-4-1-2-11-5(4)3-7-8/h1-3H,(H,9,10). The van der Waals surface area contributed by atoms with Gasteiger partial charge in [-0.05, 0) is 0 Å². The maximum Gasteiger partial charge on any atom is 0.432 e. The summed E-state index contributed by atoms with van der Waals surface area (Å²) in [6, 6.07) is 1.55. The van der Waals surface area contributed by atoms with E-state index in [2.05, 4.69) is 5.10 Å². The molecule has 0 saturated heterocycles. The fourth-order valence-electron chi connectivity index (χ4n) is 0.911. The molecule has 0 aliphatic heterocycles. The molecule has 2 heterocycles. The van der Waals surface area contributed by atoms with Crippen molar-refractivity contribution in [3.63, 3.8) is 0 Å². The van der Waals surface area contributed by atoms with Crippen molar-refractivity contribution >= 4 is 17.2 Å². The van der Waals surface area contributed by atoms with Crippen LogP contribution in [0.5, 0.6) is 0 Å². The summed E-state index contributed by atoms with van der Waals surface area (Å²) in [5, 5.41) is 12.1. The lowest BCUT2D eigenvalue weighted by Gasteiger charge is -1.88. The third kappa shape index (κ3) is 0.706. The van der Waals surface area contributed by atoms with E-state index < -0.39 is 6.09 Å². The molecule has 0 aliphatic rings. The van der Waals surface area contributed by atoms with Gasteiger partial charge >= 0.3 is 6.09 Å². The molecule has 0 fully saturated rings. The van der Waals surface area contributed by atoms with Gasteiger partial charge in [0.2, 0.25) is 0 Å². The van der Waals surface area contributed by atoms with Crippen molar-refractivity contribution in [1.82, 2.24) is 9.78 Å². The molecule has 5 nitrogen and oxygen atoms in total. The van der Waals surface area contributed by atoms with Crippen LogP contribution in [-0.2, 0) is 0 Å². The van der Waals surface area contributed by atoms with E-state index in [0.717, 1.165) is 4.68 Å².